The summed E-state index contributed by atoms with van der Waals surface area (Å²) in [4.78, 5) is 16.0. The lowest BCUT2D eigenvalue weighted by Gasteiger charge is -2.20. The number of carbonyl (C=O) groups excluding carboxylic acids is 1. The Hall–Kier alpha value is -2.17. The molecular weight excluding hydrogens is 264 g/mol. The number of benzene rings is 1. The topological polar surface area (TPSA) is 59.8 Å². The molecule has 0 spiro atoms. The molecule has 1 aromatic carbocycles. The Morgan fingerprint density at radius 1 is 1.19 bits per heavy atom. The van der Waals surface area contributed by atoms with Gasteiger partial charge in [0.05, 0.1) is 5.69 Å². The molecule has 0 saturated heterocycles. The summed E-state index contributed by atoms with van der Waals surface area (Å²) in [6, 6.07) is 7.64. The first-order valence-electron chi connectivity index (χ1n) is 7.56. The van der Waals surface area contributed by atoms with Crippen LogP contribution in [0.5, 0.6) is 0 Å². The Kier molecular flexibility index (Phi) is 4.28. The van der Waals surface area contributed by atoms with Crippen LogP contribution in [0.3, 0.4) is 0 Å². The number of amides is 1. The minimum absolute atomic E-state index is 0.121. The maximum absolute atomic E-state index is 12.1. The fourth-order valence-electron chi connectivity index (χ4n) is 2.90. The van der Waals surface area contributed by atoms with E-state index in [2.05, 4.69) is 15.4 Å². The summed E-state index contributed by atoms with van der Waals surface area (Å²) in [5.41, 5.74) is 1.76. The van der Waals surface area contributed by atoms with Gasteiger partial charge in [0.1, 0.15) is 12.7 Å². The maximum Gasteiger partial charge on any atom is 0.224 e. The molecule has 5 heteroatoms. The van der Waals surface area contributed by atoms with Gasteiger partial charge in [-0.2, -0.15) is 5.10 Å². The van der Waals surface area contributed by atoms with E-state index >= 15 is 0 Å². The third-order valence-corrected chi connectivity index (χ3v) is 4.03. The second-order valence-corrected chi connectivity index (χ2v) is 5.64. The largest absolute Gasteiger partial charge is 0.326 e. The standard InChI is InChI=1S/C16H20N4O/c21-16(10-13-4-2-1-3-5-13)19-14-6-8-15(9-7-14)20-12-17-11-18-20/h6-9,11-13H,1-5,10H2,(H,19,21). The van der Waals surface area contributed by atoms with Crippen molar-refractivity contribution in [2.24, 2.45) is 5.92 Å². The van der Waals surface area contributed by atoms with Crippen molar-refractivity contribution in [1.82, 2.24) is 14.8 Å². The number of nitrogens with zero attached hydrogens (tertiary/aromatic N) is 3. The number of hydrogen-bond donors (Lipinski definition) is 1. The molecule has 0 unspecified atom stereocenters. The summed E-state index contributed by atoms with van der Waals surface area (Å²) in [6.45, 7) is 0. The van der Waals surface area contributed by atoms with Crippen molar-refractivity contribution in [3.8, 4) is 5.69 Å². The lowest BCUT2D eigenvalue weighted by Crippen LogP contribution is -2.18. The normalized spacial score (nSPS) is 15.8. The van der Waals surface area contributed by atoms with Gasteiger partial charge in [0.15, 0.2) is 0 Å². The highest BCUT2D eigenvalue weighted by Crippen LogP contribution is 2.26. The maximum atomic E-state index is 12.1. The van der Waals surface area contributed by atoms with Gasteiger partial charge >= 0.3 is 0 Å². The summed E-state index contributed by atoms with van der Waals surface area (Å²) >= 11 is 0. The van der Waals surface area contributed by atoms with Gasteiger partial charge in [-0.3, -0.25) is 4.79 Å². The predicted molar refractivity (Wildman–Crippen MR) is 81.2 cm³/mol. The van der Waals surface area contributed by atoms with Gasteiger partial charge in [0.2, 0.25) is 5.91 Å². The highest BCUT2D eigenvalue weighted by Gasteiger charge is 2.16. The van der Waals surface area contributed by atoms with Crippen LogP contribution in [0.1, 0.15) is 38.5 Å². The van der Waals surface area contributed by atoms with Crippen LogP contribution in [-0.4, -0.2) is 20.7 Å². The van der Waals surface area contributed by atoms with Gasteiger partial charge in [0, 0.05) is 12.1 Å². The zero-order chi connectivity index (χ0) is 14.5. The molecule has 0 aliphatic heterocycles. The molecule has 1 amide bonds. The van der Waals surface area contributed by atoms with Crippen molar-refractivity contribution in [2.75, 3.05) is 5.32 Å². The average Bonchev–Trinajstić information content (AvgIpc) is 3.03. The van der Waals surface area contributed by atoms with Gasteiger partial charge in [-0.1, -0.05) is 19.3 Å². The summed E-state index contributed by atoms with van der Waals surface area (Å²) in [7, 11) is 0. The molecule has 0 radical (unpaired) electrons. The lowest BCUT2D eigenvalue weighted by atomic mass is 9.87. The first kappa shape index (κ1) is 13.8. The highest BCUT2D eigenvalue weighted by atomic mass is 16.1. The highest BCUT2D eigenvalue weighted by molar-refractivity contribution is 5.90. The Labute approximate surface area is 124 Å². The number of rotatable bonds is 4. The van der Waals surface area contributed by atoms with Crippen LogP contribution in [0.4, 0.5) is 5.69 Å². The van der Waals surface area contributed by atoms with E-state index in [4.69, 9.17) is 0 Å². The van der Waals surface area contributed by atoms with E-state index in [9.17, 15) is 4.79 Å². The lowest BCUT2D eigenvalue weighted by molar-refractivity contribution is -0.117. The van der Waals surface area contributed by atoms with E-state index in [-0.39, 0.29) is 5.91 Å². The number of nitrogens with one attached hydrogen (secondary N) is 1. The molecule has 5 nitrogen and oxygen atoms in total. The fraction of sp³-hybridized carbons (Fsp3) is 0.438. The molecule has 1 saturated carbocycles. The molecule has 1 heterocycles. The second-order valence-electron chi connectivity index (χ2n) is 5.64. The first-order chi connectivity index (χ1) is 10.3. The van der Waals surface area contributed by atoms with Gasteiger partial charge in [0.25, 0.3) is 0 Å². The Bertz CT molecular complexity index is 571. The molecular formula is C16H20N4O. The molecule has 1 aromatic heterocycles. The summed E-state index contributed by atoms with van der Waals surface area (Å²) < 4.78 is 1.69. The first-order valence-corrected chi connectivity index (χ1v) is 7.56. The summed E-state index contributed by atoms with van der Waals surface area (Å²) in [6.07, 6.45) is 10.0. The smallest absolute Gasteiger partial charge is 0.224 e. The molecule has 1 fully saturated rings. The van der Waals surface area contributed by atoms with E-state index in [0.29, 0.717) is 12.3 Å². The van der Waals surface area contributed by atoms with E-state index in [1.54, 1.807) is 11.0 Å². The zero-order valence-corrected chi connectivity index (χ0v) is 12.0. The number of aromatic nitrogens is 3. The van der Waals surface area contributed by atoms with Gasteiger partial charge < -0.3 is 5.32 Å². The third-order valence-electron chi connectivity index (χ3n) is 4.03. The van der Waals surface area contributed by atoms with Crippen molar-refractivity contribution in [1.29, 1.82) is 0 Å². The quantitative estimate of drug-likeness (QED) is 0.938. The minimum atomic E-state index is 0.121. The van der Waals surface area contributed by atoms with Crippen LogP contribution in [-0.2, 0) is 4.79 Å². The van der Waals surface area contributed by atoms with E-state index < -0.39 is 0 Å². The minimum Gasteiger partial charge on any atom is -0.326 e. The Balaban J connectivity index is 1.56. The van der Waals surface area contributed by atoms with Crippen LogP contribution >= 0.6 is 0 Å². The van der Waals surface area contributed by atoms with Crippen molar-refractivity contribution in [3.63, 3.8) is 0 Å². The third kappa shape index (κ3) is 3.68. The molecule has 110 valence electrons. The molecule has 1 aliphatic carbocycles. The van der Waals surface area contributed by atoms with Gasteiger partial charge in [-0.15, -0.1) is 0 Å². The second kappa shape index (κ2) is 6.52. The van der Waals surface area contributed by atoms with Crippen LogP contribution in [0.15, 0.2) is 36.9 Å². The van der Waals surface area contributed by atoms with E-state index in [1.807, 2.05) is 24.3 Å². The monoisotopic (exact) mass is 284 g/mol. The van der Waals surface area contributed by atoms with Crippen molar-refractivity contribution in [2.45, 2.75) is 38.5 Å². The van der Waals surface area contributed by atoms with Crippen LogP contribution in [0, 0.1) is 5.92 Å². The SMILES string of the molecule is O=C(CC1CCCCC1)Nc1ccc(-n2cncn2)cc1. The Morgan fingerprint density at radius 3 is 2.62 bits per heavy atom. The molecule has 1 N–H and O–H groups in total. The summed E-state index contributed by atoms with van der Waals surface area (Å²) in [5, 5.41) is 7.05. The predicted octanol–water partition coefficient (Wildman–Crippen LogP) is 3.18. The van der Waals surface area contributed by atoms with Crippen LogP contribution < -0.4 is 5.32 Å². The zero-order valence-electron chi connectivity index (χ0n) is 12.0. The van der Waals surface area contributed by atoms with E-state index in [1.165, 1.54) is 38.4 Å². The molecule has 0 bridgehead atoms. The molecule has 3 rings (SSSR count). The van der Waals surface area contributed by atoms with Gasteiger partial charge in [-0.05, 0) is 43.0 Å². The van der Waals surface area contributed by atoms with Crippen molar-refractivity contribution in [3.05, 3.63) is 36.9 Å². The van der Waals surface area contributed by atoms with Crippen molar-refractivity contribution >= 4 is 11.6 Å². The number of anilines is 1. The Morgan fingerprint density at radius 2 is 1.95 bits per heavy atom. The summed E-state index contributed by atoms with van der Waals surface area (Å²) in [5.74, 6) is 0.684. The number of carbonyl (C=O) groups is 1. The number of hydrogen-bond acceptors (Lipinski definition) is 3. The van der Waals surface area contributed by atoms with Crippen molar-refractivity contribution < 1.29 is 4.79 Å². The molecule has 21 heavy (non-hydrogen) atoms. The van der Waals surface area contributed by atoms with Gasteiger partial charge in [-0.25, -0.2) is 9.67 Å². The molecule has 0 atom stereocenters. The van der Waals surface area contributed by atoms with E-state index in [0.717, 1.165) is 11.4 Å². The average molecular weight is 284 g/mol. The fourth-order valence-corrected chi connectivity index (χ4v) is 2.90. The van der Waals surface area contributed by atoms with Crippen LogP contribution in [0.25, 0.3) is 5.69 Å². The van der Waals surface area contributed by atoms with Crippen LogP contribution in [0.2, 0.25) is 0 Å². The molecule has 2 aromatic rings. The molecule has 1 aliphatic rings.